The molecular weight excluding hydrogens is 605 g/mol. The Morgan fingerprint density at radius 2 is 1.56 bits per heavy atom. The average molecular weight is 639 g/mol. The first-order valence-corrected chi connectivity index (χ1v) is 15.6. The van der Waals surface area contributed by atoms with E-state index in [0.29, 0.717) is 38.3 Å². The van der Waals surface area contributed by atoms with Gasteiger partial charge in [0, 0.05) is 17.1 Å². The van der Waals surface area contributed by atoms with E-state index in [-0.39, 0.29) is 17.3 Å². The van der Waals surface area contributed by atoms with Crippen molar-refractivity contribution in [3.05, 3.63) is 92.9 Å². The van der Waals surface area contributed by atoms with E-state index < -0.39 is 34.1 Å². The molecule has 0 aliphatic rings. The number of aryl methyl sites for hydroxylation is 1. The molecule has 0 fully saturated rings. The molecule has 3 aromatic carbocycles. The summed E-state index contributed by atoms with van der Waals surface area (Å²) in [5.74, 6) is -0.913. The van der Waals surface area contributed by atoms with E-state index in [1.54, 1.807) is 56.3 Å². The second kappa shape index (κ2) is 13.5. The van der Waals surface area contributed by atoms with Gasteiger partial charge in [-0.2, -0.15) is 0 Å². The fourth-order valence-corrected chi connectivity index (χ4v) is 6.22. The fourth-order valence-electron chi connectivity index (χ4n) is 4.30. The molecule has 0 aliphatic carbocycles. The number of hydrogen-bond acceptors (Lipinski definition) is 4. The zero-order valence-electron chi connectivity index (χ0n) is 23.6. The van der Waals surface area contributed by atoms with Crippen LogP contribution in [0.25, 0.3) is 0 Å². The minimum atomic E-state index is -4.20. The Hall–Kier alpha value is -2.78. The summed E-state index contributed by atoms with van der Waals surface area (Å²) in [6.45, 7) is 8.57. The number of hydrogen-bond donors (Lipinski definition) is 1. The Kier molecular flexibility index (Phi) is 10.7. The predicted octanol–water partition coefficient (Wildman–Crippen LogP) is 6.87. The van der Waals surface area contributed by atoms with Crippen molar-refractivity contribution < 1.29 is 18.0 Å². The monoisotopic (exact) mass is 637 g/mol. The lowest BCUT2D eigenvalue weighted by Crippen LogP contribution is -2.55. The maximum absolute atomic E-state index is 14.2. The topological polar surface area (TPSA) is 86.8 Å². The lowest BCUT2D eigenvalue weighted by molar-refractivity contribution is -0.141. The average Bonchev–Trinajstić information content (AvgIpc) is 2.88. The third kappa shape index (κ3) is 8.38. The number of benzene rings is 3. The van der Waals surface area contributed by atoms with Gasteiger partial charge in [-0.15, -0.1) is 0 Å². The molecule has 3 aromatic rings. The molecule has 41 heavy (non-hydrogen) atoms. The van der Waals surface area contributed by atoms with E-state index >= 15 is 0 Å². The van der Waals surface area contributed by atoms with Crippen molar-refractivity contribution in [2.75, 3.05) is 10.8 Å². The Labute approximate surface area is 257 Å². The zero-order chi connectivity index (χ0) is 30.5. The summed E-state index contributed by atoms with van der Waals surface area (Å²) in [5.41, 5.74) is 1.09. The smallest absolute Gasteiger partial charge is 0.264 e. The summed E-state index contributed by atoms with van der Waals surface area (Å²) in [5, 5.41) is 3.98. The molecule has 2 amide bonds. The van der Waals surface area contributed by atoms with Crippen LogP contribution in [0.5, 0.6) is 0 Å². The Morgan fingerprint density at radius 3 is 2.12 bits per heavy atom. The predicted molar refractivity (Wildman–Crippen MR) is 166 cm³/mol. The fraction of sp³-hybridized carbons (Fsp3) is 0.333. The molecule has 7 nitrogen and oxygen atoms in total. The van der Waals surface area contributed by atoms with Gasteiger partial charge in [0.2, 0.25) is 11.8 Å². The minimum Gasteiger partial charge on any atom is -0.350 e. The van der Waals surface area contributed by atoms with E-state index in [2.05, 4.69) is 5.32 Å². The normalized spacial score (nSPS) is 12.5. The van der Waals surface area contributed by atoms with Crippen LogP contribution in [0.1, 0.15) is 45.2 Å². The van der Waals surface area contributed by atoms with Crippen molar-refractivity contribution in [2.24, 2.45) is 0 Å². The molecule has 0 radical (unpaired) electrons. The Morgan fingerprint density at radius 1 is 0.927 bits per heavy atom. The van der Waals surface area contributed by atoms with Crippen molar-refractivity contribution in [2.45, 2.75) is 64.1 Å². The van der Waals surface area contributed by atoms with Crippen LogP contribution in [-0.2, 0) is 26.2 Å². The SMILES string of the molecule is CC[C@H](C(=O)NC(C)(C)C)N(Cc1ccc(Cl)c(Cl)c1)C(=O)CN(c1ccccc1C)S(=O)(=O)c1ccc(Cl)cc1. The second-order valence-corrected chi connectivity index (χ2v) is 13.8. The van der Waals surface area contributed by atoms with Gasteiger partial charge < -0.3 is 10.2 Å². The van der Waals surface area contributed by atoms with E-state index in [9.17, 15) is 18.0 Å². The molecule has 0 aromatic heterocycles. The standard InChI is InChI=1S/C30H34Cl3N3O4S/c1-6-26(29(38)34-30(3,4)5)35(18-21-11-16-24(32)25(33)17-21)28(37)19-36(27-10-8-7-9-20(27)2)41(39,40)23-14-12-22(31)13-15-23/h7-17,26H,6,18-19H2,1-5H3,(H,34,38)/t26-/m1/s1. The molecule has 0 aliphatic heterocycles. The number of para-hydroxylation sites is 1. The third-order valence-electron chi connectivity index (χ3n) is 6.29. The van der Waals surface area contributed by atoms with Crippen molar-refractivity contribution in [3.63, 3.8) is 0 Å². The van der Waals surface area contributed by atoms with Crippen LogP contribution >= 0.6 is 34.8 Å². The molecule has 1 atom stereocenters. The number of halogens is 3. The molecule has 0 heterocycles. The minimum absolute atomic E-state index is 0.00833. The molecule has 0 saturated heterocycles. The molecule has 3 rings (SSSR count). The maximum Gasteiger partial charge on any atom is 0.264 e. The van der Waals surface area contributed by atoms with Crippen LogP contribution < -0.4 is 9.62 Å². The summed E-state index contributed by atoms with van der Waals surface area (Å²) in [4.78, 5) is 28.9. The number of carbonyl (C=O) groups is 2. The Bertz CT molecular complexity index is 1510. The molecule has 0 spiro atoms. The number of nitrogens with zero attached hydrogens (tertiary/aromatic N) is 2. The van der Waals surface area contributed by atoms with Crippen molar-refractivity contribution in [1.29, 1.82) is 0 Å². The molecule has 0 bridgehead atoms. The van der Waals surface area contributed by atoms with E-state index in [1.807, 2.05) is 20.8 Å². The lowest BCUT2D eigenvalue weighted by Gasteiger charge is -2.35. The summed E-state index contributed by atoms with van der Waals surface area (Å²) in [6, 6.07) is 16.7. The van der Waals surface area contributed by atoms with Crippen LogP contribution in [0.15, 0.2) is 71.6 Å². The first-order chi connectivity index (χ1) is 19.1. The third-order valence-corrected chi connectivity index (χ3v) is 9.05. The van der Waals surface area contributed by atoms with Gasteiger partial charge in [0.1, 0.15) is 12.6 Å². The van der Waals surface area contributed by atoms with Crippen LogP contribution in [0.4, 0.5) is 5.69 Å². The van der Waals surface area contributed by atoms with E-state index in [0.717, 1.165) is 4.31 Å². The van der Waals surface area contributed by atoms with Crippen molar-refractivity contribution in [3.8, 4) is 0 Å². The molecule has 11 heteroatoms. The van der Waals surface area contributed by atoms with Crippen molar-refractivity contribution >= 4 is 62.3 Å². The Balaban J connectivity index is 2.10. The highest BCUT2D eigenvalue weighted by Gasteiger charge is 2.35. The van der Waals surface area contributed by atoms with Gasteiger partial charge in [-0.1, -0.05) is 66.0 Å². The van der Waals surface area contributed by atoms with Gasteiger partial charge in [0.25, 0.3) is 10.0 Å². The van der Waals surface area contributed by atoms with Gasteiger partial charge in [0.15, 0.2) is 0 Å². The summed E-state index contributed by atoms with van der Waals surface area (Å²) >= 11 is 18.4. The molecule has 0 saturated carbocycles. The van der Waals surface area contributed by atoms with Crippen LogP contribution in [0, 0.1) is 6.92 Å². The van der Waals surface area contributed by atoms with E-state index in [4.69, 9.17) is 34.8 Å². The molecular formula is C30H34Cl3N3O4S. The highest BCUT2D eigenvalue weighted by molar-refractivity contribution is 7.92. The maximum atomic E-state index is 14.2. The number of carbonyl (C=O) groups excluding carboxylic acids is 2. The van der Waals surface area contributed by atoms with Gasteiger partial charge in [0.05, 0.1) is 20.6 Å². The quantitative estimate of drug-likeness (QED) is 0.263. The number of sulfonamides is 1. The number of nitrogens with one attached hydrogen (secondary N) is 1. The summed E-state index contributed by atoms with van der Waals surface area (Å²) in [7, 11) is -4.20. The number of amides is 2. The first kappa shape index (κ1) is 32.7. The van der Waals surface area contributed by atoms with Crippen molar-refractivity contribution in [1.82, 2.24) is 10.2 Å². The van der Waals surface area contributed by atoms with Gasteiger partial charge >= 0.3 is 0 Å². The van der Waals surface area contributed by atoms with Gasteiger partial charge in [-0.25, -0.2) is 8.42 Å². The van der Waals surface area contributed by atoms with Gasteiger partial charge in [-0.3, -0.25) is 13.9 Å². The molecule has 220 valence electrons. The summed E-state index contributed by atoms with van der Waals surface area (Å²) < 4.78 is 29.0. The largest absolute Gasteiger partial charge is 0.350 e. The summed E-state index contributed by atoms with van der Waals surface area (Å²) in [6.07, 6.45) is 0.295. The number of rotatable bonds is 10. The second-order valence-electron chi connectivity index (χ2n) is 10.7. The first-order valence-electron chi connectivity index (χ1n) is 13.0. The zero-order valence-corrected chi connectivity index (χ0v) is 26.7. The molecule has 1 N–H and O–H groups in total. The van der Waals surface area contributed by atoms with Crippen LogP contribution in [-0.4, -0.2) is 43.3 Å². The highest BCUT2D eigenvalue weighted by Crippen LogP contribution is 2.29. The van der Waals surface area contributed by atoms with E-state index in [1.165, 1.54) is 29.2 Å². The van der Waals surface area contributed by atoms with Crippen LogP contribution in [0.2, 0.25) is 15.1 Å². The number of anilines is 1. The van der Waals surface area contributed by atoms with Crippen LogP contribution in [0.3, 0.4) is 0 Å². The lowest BCUT2D eigenvalue weighted by atomic mass is 10.1. The highest BCUT2D eigenvalue weighted by atomic mass is 35.5. The molecule has 0 unspecified atom stereocenters. The van der Waals surface area contributed by atoms with Gasteiger partial charge in [-0.05, 0) is 87.7 Å².